The fourth-order valence-electron chi connectivity index (χ4n) is 8.21. The van der Waals surface area contributed by atoms with Crippen molar-refractivity contribution in [2.24, 2.45) is 0 Å². The van der Waals surface area contributed by atoms with Crippen molar-refractivity contribution < 1.29 is 8.83 Å². The Kier molecular flexibility index (Phi) is 6.47. The van der Waals surface area contributed by atoms with Crippen LogP contribution in [0.25, 0.3) is 111 Å². The lowest BCUT2D eigenvalue weighted by atomic mass is 10.0. The van der Waals surface area contributed by atoms with Gasteiger partial charge < -0.3 is 18.0 Å². The Balaban J connectivity index is 0.900. The Bertz CT molecular complexity index is 3140. The number of para-hydroxylation sites is 4. The number of fused-ring (bicyclic) bond motifs is 8. The summed E-state index contributed by atoms with van der Waals surface area (Å²) in [5.74, 6) is 1.10. The molecule has 6 aromatic carbocycles. The fourth-order valence-corrected chi connectivity index (χ4v) is 8.21. The lowest BCUT2D eigenvalue weighted by Gasteiger charge is -2.08. The van der Waals surface area contributed by atoms with Gasteiger partial charge in [0.15, 0.2) is 11.2 Å². The van der Waals surface area contributed by atoms with E-state index in [0.29, 0.717) is 22.9 Å². The highest BCUT2D eigenvalue weighted by Crippen LogP contribution is 2.38. The van der Waals surface area contributed by atoms with Crippen LogP contribution in [0.3, 0.4) is 0 Å². The Morgan fingerprint density at radius 3 is 1.25 bits per heavy atom. The third-order valence-corrected chi connectivity index (χ3v) is 10.7. The molecule has 8 nitrogen and oxygen atoms in total. The van der Waals surface area contributed by atoms with Crippen LogP contribution in [-0.4, -0.2) is 29.1 Å². The van der Waals surface area contributed by atoms with Crippen molar-refractivity contribution in [1.29, 1.82) is 0 Å². The monoisotopic (exact) mass is 720 g/mol. The SMILES string of the molecule is c1cc(-c2cccc3oc(-c4ccc(-n5c6ccccc6c6ncccc65)cc4)nc23)c2nc(-c3ccc(-n4c5ccccc5c5ncccc54)cc3)oc2c1. The van der Waals surface area contributed by atoms with Gasteiger partial charge in [-0.05, 0) is 97.1 Å². The second kappa shape index (κ2) is 11.8. The molecule has 12 rings (SSSR count). The molecule has 262 valence electrons. The Morgan fingerprint density at radius 1 is 0.357 bits per heavy atom. The molecule has 0 spiro atoms. The highest BCUT2D eigenvalue weighted by molar-refractivity contribution is 6.08. The van der Waals surface area contributed by atoms with Gasteiger partial charge in [-0.1, -0.05) is 60.7 Å². The number of hydrogen-bond acceptors (Lipinski definition) is 6. The molecular formula is C48H28N6O2. The van der Waals surface area contributed by atoms with Crippen molar-refractivity contribution in [3.63, 3.8) is 0 Å². The summed E-state index contributed by atoms with van der Waals surface area (Å²) < 4.78 is 17.3. The predicted molar refractivity (Wildman–Crippen MR) is 222 cm³/mol. The molecule has 0 unspecified atom stereocenters. The van der Waals surface area contributed by atoms with Crippen molar-refractivity contribution in [2.45, 2.75) is 0 Å². The van der Waals surface area contributed by atoms with E-state index in [1.165, 1.54) is 0 Å². The summed E-state index contributed by atoms with van der Waals surface area (Å²) in [5.41, 5.74) is 14.9. The molecule has 0 saturated heterocycles. The van der Waals surface area contributed by atoms with Gasteiger partial charge in [-0.2, -0.15) is 0 Å². The van der Waals surface area contributed by atoms with Crippen LogP contribution < -0.4 is 0 Å². The van der Waals surface area contributed by atoms with Crippen LogP contribution in [0.5, 0.6) is 0 Å². The molecule has 0 radical (unpaired) electrons. The van der Waals surface area contributed by atoms with Gasteiger partial charge in [-0.25, -0.2) is 9.97 Å². The van der Waals surface area contributed by atoms with Crippen LogP contribution in [0.2, 0.25) is 0 Å². The number of nitrogens with zero attached hydrogens (tertiary/aromatic N) is 6. The number of hydrogen-bond donors (Lipinski definition) is 0. The molecule has 0 aliphatic carbocycles. The highest BCUT2D eigenvalue weighted by atomic mass is 16.4. The average Bonchev–Trinajstić information content (AvgIpc) is 4.05. The van der Waals surface area contributed by atoms with Gasteiger partial charge in [0.05, 0.1) is 33.1 Å². The number of pyridine rings is 2. The summed E-state index contributed by atoms with van der Waals surface area (Å²) in [5, 5.41) is 2.25. The second-order valence-corrected chi connectivity index (χ2v) is 13.9. The van der Waals surface area contributed by atoms with E-state index in [1.807, 2.05) is 48.8 Å². The molecule has 8 heteroatoms. The molecule has 0 atom stereocenters. The zero-order valence-corrected chi connectivity index (χ0v) is 29.7. The molecule has 0 fully saturated rings. The van der Waals surface area contributed by atoms with Crippen molar-refractivity contribution in [1.82, 2.24) is 29.1 Å². The van der Waals surface area contributed by atoms with Crippen LogP contribution in [0.4, 0.5) is 0 Å². The maximum absolute atomic E-state index is 6.39. The molecule has 6 heterocycles. The Labute approximate surface area is 318 Å². The number of benzene rings is 6. The third-order valence-electron chi connectivity index (χ3n) is 10.7. The molecule has 56 heavy (non-hydrogen) atoms. The Hall–Kier alpha value is -7.84. The lowest BCUT2D eigenvalue weighted by molar-refractivity contribution is 0.619. The zero-order valence-electron chi connectivity index (χ0n) is 29.7. The highest BCUT2D eigenvalue weighted by Gasteiger charge is 2.19. The third kappa shape index (κ3) is 4.53. The van der Waals surface area contributed by atoms with Gasteiger partial charge in [0.25, 0.3) is 0 Å². The van der Waals surface area contributed by atoms with Crippen molar-refractivity contribution in [3.8, 4) is 45.4 Å². The standard InChI is InChI=1S/C48H28N6O2/c1-3-13-37-35(9-1)43-39(15-7-27-49-43)53(37)31-23-19-29(20-24-31)47-51-45-33(11-5-17-41(45)55-47)34-12-6-18-42-46(34)52-48(56-42)30-21-25-32(26-22-30)54-38-14-4-2-10-36(38)44-40(54)16-8-28-50-44/h1-28H. The smallest absolute Gasteiger partial charge is 0.227 e. The summed E-state index contributed by atoms with van der Waals surface area (Å²) in [6, 6.07) is 53.6. The molecule has 6 aromatic heterocycles. The minimum Gasteiger partial charge on any atom is -0.436 e. The van der Waals surface area contributed by atoms with Crippen LogP contribution >= 0.6 is 0 Å². The van der Waals surface area contributed by atoms with Crippen molar-refractivity contribution >= 4 is 66.1 Å². The zero-order chi connectivity index (χ0) is 36.7. The quantitative estimate of drug-likeness (QED) is 0.176. The number of oxazole rings is 2. The summed E-state index contributed by atoms with van der Waals surface area (Å²) in [4.78, 5) is 19.5. The maximum Gasteiger partial charge on any atom is 0.227 e. The van der Waals surface area contributed by atoms with Crippen LogP contribution in [-0.2, 0) is 0 Å². The normalized spacial score (nSPS) is 11.9. The van der Waals surface area contributed by atoms with E-state index in [-0.39, 0.29) is 0 Å². The first-order valence-electron chi connectivity index (χ1n) is 18.5. The molecule has 0 saturated carbocycles. The minimum atomic E-state index is 0.551. The van der Waals surface area contributed by atoms with Gasteiger partial charge >= 0.3 is 0 Å². The van der Waals surface area contributed by atoms with E-state index in [4.69, 9.17) is 18.8 Å². The summed E-state index contributed by atoms with van der Waals surface area (Å²) >= 11 is 0. The van der Waals surface area contributed by atoms with E-state index in [1.54, 1.807) is 0 Å². The van der Waals surface area contributed by atoms with Gasteiger partial charge in [-0.3, -0.25) is 9.97 Å². The first kappa shape index (κ1) is 30.6. The number of aromatic nitrogens is 6. The first-order valence-corrected chi connectivity index (χ1v) is 18.5. The topological polar surface area (TPSA) is 87.7 Å². The van der Waals surface area contributed by atoms with Gasteiger partial charge in [0, 0.05) is 56.8 Å². The van der Waals surface area contributed by atoms with Crippen LogP contribution in [0.15, 0.2) is 179 Å². The average molecular weight is 721 g/mol. The van der Waals surface area contributed by atoms with E-state index >= 15 is 0 Å². The molecule has 12 aromatic rings. The maximum atomic E-state index is 6.39. The van der Waals surface area contributed by atoms with Crippen molar-refractivity contribution in [3.05, 3.63) is 170 Å². The predicted octanol–water partition coefficient (Wildman–Crippen LogP) is 12.0. The minimum absolute atomic E-state index is 0.551. The summed E-state index contributed by atoms with van der Waals surface area (Å²) in [6.07, 6.45) is 3.69. The van der Waals surface area contributed by atoms with Gasteiger partial charge in [0.2, 0.25) is 11.8 Å². The van der Waals surface area contributed by atoms with E-state index in [0.717, 1.165) is 88.5 Å². The molecule has 0 aliphatic rings. The van der Waals surface area contributed by atoms with Gasteiger partial charge in [-0.15, -0.1) is 0 Å². The number of rotatable bonds is 5. The largest absolute Gasteiger partial charge is 0.436 e. The van der Waals surface area contributed by atoms with Crippen LogP contribution in [0, 0.1) is 0 Å². The first-order chi connectivity index (χ1) is 27.8. The fraction of sp³-hybridized carbons (Fsp3) is 0. The van der Waals surface area contributed by atoms with E-state index in [9.17, 15) is 0 Å². The summed E-state index contributed by atoms with van der Waals surface area (Å²) in [7, 11) is 0. The van der Waals surface area contributed by atoms with Gasteiger partial charge in [0.1, 0.15) is 11.0 Å². The second-order valence-electron chi connectivity index (χ2n) is 13.9. The van der Waals surface area contributed by atoms with E-state index < -0.39 is 0 Å². The Morgan fingerprint density at radius 2 is 0.786 bits per heavy atom. The molecule has 0 bridgehead atoms. The van der Waals surface area contributed by atoms with Crippen molar-refractivity contribution in [2.75, 3.05) is 0 Å². The molecule has 0 amide bonds. The summed E-state index contributed by atoms with van der Waals surface area (Å²) in [6.45, 7) is 0. The molecule has 0 N–H and O–H groups in total. The molecule has 0 aliphatic heterocycles. The lowest BCUT2D eigenvalue weighted by Crippen LogP contribution is -1.93. The molecular weight excluding hydrogens is 693 g/mol. The van der Waals surface area contributed by atoms with Crippen LogP contribution in [0.1, 0.15) is 0 Å². The van der Waals surface area contributed by atoms with E-state index in [2.05, 4.69) is 140 Å².